The zero-order chi connectivity index (χ0) is 11.2. The SMILES string of the molecule is Cc1nc2c(C(C)(C)C)c(N)cnc2s1. The molecule has 0 aliphatic carbocycles. The maximum Gasteiger partial charge on any atom is 0.143 e. The maximum absolute atomic E-state index is 5.98. The van der Waals surface area contributed by atoms with E-state index in [1.807, 2.05) is 6.92 Å². The van der Waals surface area contributed by atoms with Crippen LogP contribution in [0, 0.1) is 6.92 Å². The molecule has 0 saturated heterocycles. The molecule has 15 heavy (non-hydrogen) atoms. The van der Waals surface area contributed by atoms with Gasteiger partial charge in [-0.3, -0.25) is 0 Å². The summed E-state index contributed by atoms with van der Waals surface area (Å²) in [5, 5.41) is 1.04. The lowest BCUT2D eigenvalue weighted by molar-refractivity contribution is 0.596. The molecule has 0 aromatic carbocycles. The fraction of sp³-hybridized carbons (Fsp3) is 0.455. The summed E-state index contributed by atoms with van der Waals surface area (Å²) in [6.45, 7) is 8.43. The maximum atomic E-state index is 5.98. The molecule has 0 radical (unpaired) electrons. The second kappa shape index (κ2) is 3.17. The number of nitrogens with zero attached hydrogens (tertiary/aromatic N) is 2. The van der Waals surface area contributed by atoms with E-state index in [1.54, 1.807) is 17.5 Å². The molecule has 2 heterocycles. The minimum absolute atomic E-state index is 0.00574. The van der Waals surface area contributed by atoms with Crippen LogP contribution in [-0.2, 0) is 5.41 Å². The molecule has 0 spiro atoms. The second-order valence-electron chi connectivity index (χ2n) is 4.73. The van der Waals surface area contributed by atoms with Gasteiger partial charge in [-0.2, -0.15) is 0 Å². The van der Waals surface area contributed by atoms with Crippen LogP contribution in [-0.4, -0.2) is 9.97 Å². The average molecular weight is 221 g/mol. The quantitative estimate of drug-likeness (QED) is 0.744. The molecule has 0 aliphatic heterocycles. The summed E-state index contributed by atoms with van der Waals surface area (Å²) in [5.41, 5.74) is 8.80. The number of anilines is 1. The summed E-state index contributed by atoms with van der Waals surface area (Å²) in [6, 6.07) is 0. The highest BCUT2D eigenvalue weighted by Crippen LogP contribution is 2.34. The number of aryl methyl sites for hydroxylation is 1. The Morgan fingerprint density at radius 3 is 2.60 bits per heavy atom. The standard InChI is InChI=1S/C11H15N3S/c1-6-14-9-8(11(2,3)4)7(12)5-13-10(9)15-6/h5H,12H2,1-4H3. The van der Waals surface area contributed by atoms with Gasteiger partial charge < -0.3 is 5.73 Å². The first kappa shape index (κ1) is 10.4. The fourth-order valence-corrected chi connectivity index (χ4v) is 2.55. The number of aromatic nitrogens is 2. The Bertz CT molecular complexity index is 508. The topological polar surface area (TPSA) is 51.8 Å². The fourth-order valence-electron chi connectivity index (χ4n) is 1.78. The van der Waals surface area contributed by atoms with E-state index in [2.05, 4.69) is 30.7 Å². The Balaban J connectivity index is 2.85. The van der Waals surface area contributed by atoms with Crippen LogP contribution in [0.5, 0.6) is 0 Å². The molecule has 2 aromatic heterocycles. The normalized spacial score (nSPS) is 12.3. The third-order valence-corrected chi connectivity index (χ3v) is 3.19. The van der Waals surface area contributed by atoms with Gasteiger partial charge in [-0.05, 0) is 12.3 Å². The summed E-state index contributed by atoms with van der Waals surface area (Å²) in [4.78, 5) is 9.80. The first-order chi connectivity index (χ1) is 6.89. The number of pyridine rings is 1. The first-order valence-corrected chi connectivity index (χ1v) is 5.73. The van der Waals surface area contributed by atoms with E-state index in [4.69, 9.17) is 5.73 Å². The van der Waals surface area contributed by atoms with Gasteiger partial charge in [-0.1, -0.05) is 32.1 Å². The lowest BCUT2D eigenvalue weighted by Gasteiger charge is -2.21. The Hall–Kier alpha value is -1.16. The monoisotopic (exact) mass is 221 g/mol. The van der Waals surface area contributed by atoms with Gasteiger partial charge in [0.25, 0.3) is 0 Å². The van der Waals surface area contributed by atoms with Crippen LogP contribution in [0.3, 0.4) is 0 Å². The van der Waals surface area contributed by atoms with E-state index in [-0.39, 0.29) is 5.41 Å². The summed E-state index contributed by atoms with van der Waals surface area (Å²) in [6.07, 6.45) is 1.74. The van der Waals surface area contributed by atoms with Gasteiger partial charge in [0.1, 0.15) is 10.3 Å². The van der Waals surface area contributed by atoms with Gasteiger partial charge in [0.05, 0.1) is 16.9 Å². The molecular weight excluding hydrogens is 206 g/mol. The van der Waals surface area contributed by atoms with Crippen LogP contribution >= 0.6 is 11.3 Å². The Morgan fingerprint density at radius 2 is 2.00 bits per heavy atom. The zero-order valence-corrected chi connectivity index (χ0v) is 10.3. The minimum atomic E-state index is 0.00574. The van der Waals surface area contributed by atoms with Crippen molar-refractivity contribution in [2.24, 2.45) is 0 Å². The first-order valence-electron chi connectivity index (χ1n) is 4.91. The molecule has 0 atom stereocenters. The van der Waals surface area contributed by atoms with Crippen molar-refractivity contribution >= 4 is 27.4 Å². The van der Waals surface area contributed by atoms with E-state index in [1.165, 1.54) is 0 Å². The van der Waals surface area contributed by atoms with Crippen molar-refractivity contribution < 1.29 is 0 Å². The van der Waals surface area contributed by atoms with Crippen molar-refractivity contribution in [2.45, 2.75) is 33.1 Å². The van der Waals surface area contributed by atoms with Crippen LogP contribution in [0.25, 0.3) is 10.3 Å². The van der Waals surface area contributed by atoms with E-state index in [9.17, 15) is 0 Å². The highest BCUT2D eigenvalue weighted by atomic mass is 32.1. The summed E-state index contributed by atoms with van der Waals surface area (Å²) >= 11 is 1.61. The Kier molecular flexibility index (Phi) is 2.19. The summed E-state index contributed by atoms with van der Waals surface area (Å²) in [5.74, 6) is 0. The van der Waals surface area contributed by atoms with Crippen molar-refractivity contribution in [3.05, 3.63) is 16.8 Å². The van der Waals surface area contributed by atoms with Crippen LogP contribution < -0.4 is 5.73 Å². The summed E-state index contributed by atoms with van der Waals surface area (Å²) in [7, 11) is 0. The molecule has 0 amide bonds. The minimum Gasteiger partial charge on any atom is -0.397 e. The third kappa shape index (κ3) is 1.69. The molecule has 80 valence electrons. The van der Waals surface area contributed by atoms with E-state index < -0.39 is 0 Å². The number of hydrogen-bond acceptors (Lipinski definition) is 4. The predicted octanol–water partition coefficient (Wildman–Crippen LogP) is 2.88. The van der Waals surface area contributed by atoms with E-state index in [0.717, 1.165) is 26.6 Å². The van der Waals surface area contributed by atoms with Gasteiger partial charge in [0.15, 0.2) is 0 Å². The lowest BCUT2D eigenvalue weighted by atomic mass is 9.86. The van der Waals surface area contributed by atoms with Crippen LogP contribution in [0.1, 0.15) is 31.3 Å². The molecule has 0 fully saturated rings. The third-order valence-electron chi connectivity index (χ3n) is 2.31. The summed E-state index contributed by atoms with van der Waals surface area (Å²) < 4.78 is 0. The molecule has 4 heteroatoms. The van der Waals surface area contributed by atoms with Gasteiger partial charge in [-0.15, -0.1) is 0 Å². The van der Waals surface area contributed by atoms with Gasteiger partial charge in [-0.25, -0.2) is 9.97 Å². The van der Waals surface area contributed by atoms with Crippen molar-refractivity contribution in [1.29, 1.82) is 0 Å². The molecule has 0 unspecified atom stereocenters. The predicted molar refractivity (Wildman–Crippen MR) is 65.3 cm³/mol. The van der Waals surface area contributed by atoms with Crippen molar-refractivity contribution in [3.63, 3.8) is 0 Å². The largest absolute Gasteiger partial charge is 0.397 e. The van der Waals surface area contributed by atoms with E-state index in [0.29, 0.717) is 0 Å². The number of nitrogen functional groups attached to an aromatic ring is 1. The average Bonchev–Trinajstić information content (AvgIpc) is 2.41. The molecule has 2 N–H and O–H groups in total. The molecule has 0 aliphatic rings. The van der Waals surface area contributed by atoms with Crippen LogP contribution in [0.15, 0.2) is 6.20 Å². The molecule has 3 nitrogen and oxygen atoms in total. The molecule has 2 aromatic rings. The smallest absolute Gasteiger partial charge is 0.143 e. The lowest BCUT2D eigenvalue weighted by Crippen LogP contribution is -2.15. The molecular formula is C11H15N3S. The second-order valence-corrected chi connectivity index (χ2v) is 5.91. The van der Waals surface area contributed by atoms with Crippen LogP contribution in [0.4, 0.5) is 5.69 Å². The van der Waals surface area contributed by atoms with E-state index >= 15 is 0 Å². The highest BCUT2D eigenvalue weighted by Gasteiger charge is 2.22. The van der Waals surface area contributed by atoms with Crippen molar-refractivity contribution in [2.75, 3.05) is 5.73 Å². The Morgan fingerprint density at radius 1 is 1.33 bits per heavy atom. The van der Waals surface area contributed by atoms with Gasteiger partial charge in [0.2, 0.25) is 0 Å². The zero-order valence-electron chi connectivity index (χ0n) is 9.46. The molecule has 0 bridgehead atoms. The number of thiazole rings is 1. The van der Waals surface area contributed by atoms with Crippen molar-refractivity contribution in [1.82, 2.24) is 9.97 Å². The number of rotatable bonds is 0. The highest BCUT2D eigenvalue weighted by molar-refractivity contribution is 7.18. The van der Waals surface area contributed by atoms with Gasteiger partial charge in [0, 0.05) is 5.56 Å². The van der Waals surface area contributed by atoms with Crippen molar-refractivity contribution in [3.8, 4) is 0 Å². The number of nitrogens with two attached hydrogens (primary N) is 1. The van der Waals surface area contributed by atoms with Gasteiger partial charge >= 0.3 is 0 Å². The number of hydrogen-bond donors (Lipinski definition) is 1. The molecule has 2 rings (SSSR count). The molecule has 0 saturated carbocycles. The van der Waals surface area contributed by atoms with Crippen LogP contribution in [0.2, 0.25) is 0 Å². The number of fused-ring (bicyclic) bond motifs is 1. The Labute approximate surface area is 93.4 Å².